The second-order valence-corrected chi connectivity index (χ2v) is 6.39. The van der Waals surface area contributed by atoms with Crippen LogP contribution in [-0.4, -0.2) is 0 Å². The highest BCUT2D eigenvalue weighted by atomic mass is 79.9. The summed E-state index contributed by atoms with van der Waals surface area (Å²) < 4.78 is 14.9. The van der Waals surface area contributed by atoms with E-state index in [2.05, 4.69) is 43.4 Å². The molecule has 2 aromatic carbocycles. The number of benzene rings is 2. The summed E-state index contributed by atoms with van der Waals surface area (Å²) in [5.74, 6) is 5.42. The Morgan fingerprint density at radius 2 is 1.90 bits per heavy atom. The maximum absolute atomic E-state index is 13.1. The topological polar surface area (TPSA) is 38.0 Å². The molecule has 2 rings (SSSR count). The minimum Gasteiger partial charge on any atom is -0.271 e. The molecule has 0 spiro atoms. The quantitative estimate of drug-likeness (QED) is 0.588. The van der Waals surface area contributed by atoms with Crippen molar-refractivity contribution in [2.75, 3.05) is 0 Å². The Balaban J connectivity index is 2.28. The first-order chi connectivity index (χ1) is 9.51. The van der Waals surface area contributed by atoms with E-state index in [1.54, 1.807) is 6.07 Å². The van der Waals surface area contributed by atoms with Crippen molar-refractivity contribution >= 4 is 31.9 Å². The molecule has 0 bridgehead atoms. The van der Waals surface area contributed by atoms with Gasteiger partial charge in [0.1, 0.15) is 5.82 Å². The third-order valence-electron chi connectivity index (χ3n) is 3.17. The summed E-state index contributed by atoms with van der Waals surface area (Å²) >= 11 is 6.95. The van der Waals surface area contributed by atoms with E-state index in [0.717, 1.165) is 20.1 Å². The number of hydrogen-bond donors (Lipinski definition) is 2. The fourth-order valence-corrected chi connectivity index (χ4v) is 3.36. The molecule has 106 valence electrons. The third kappa shape index (κ3) is 3.67. The number of halogens is 3. The van der Waals surface area contributed by atoms with Crippen LogP contribution in [0.3, 0.4) is 0 Å². The highest BCUT2D eigenvalue weighted by molar-refractivity contribution is 9.10. The number of rotatable bonds is 4. The summed E-state index contributed by atoms with van der Waals surface area (Å²) in [5.41, 5.74) is 6.08. The lowest BCUT2D eigenvalue weighted by molar-refractivity contribution is 0.547. The molecule has 0 fully saturated rings. The Hall–Kier alpha value is -0.750. The lowest BCUT2D eigenvalue weighted by Gasteiger charge is -2.19. The molecule has 0 radical (unpaired) electrons. The average molecular weight is 402 g/mol. The predicted molar refractivity (Wildman–Crippen MR) is 86.7 cm³/mol. The van der Waals surface area contributed by atoms with Gasteiger partial charge in [0.2, 0.25) is 0 Å². The maximum atomic E-state index is 13.1. The number of hydrazine groups is 1. The van der Waals surface area contributed by atoms with Gasteiger partial charge in [0.15, 0.2) is 0 Å². The molecule has 5 heteroatoms. The standard InChI is InChI=1S/C15H15Br2FN2/c1-9-2-5-12(14(17)6-9)15(20-19)7-10-3-4-11(18)8-13(10)16/h2-6,8,15,20H,7,19H2,1H3. The number of nitrogens with two attached hydrogens (primary N) is 1. The van der Waals surface area contributed by atoms with Crippen LogP contribution in [0.15, 0.2) is 45.3 Å². The van der Waals surface area contributed by atoms with E-state index < -0.39 is 0 Å². The molecule has 1 atom stereocenters. The molecular weight excluding hydrogens is 387 g/mol. The Kier molecular flexibility index (Phi) is 5.32. The van der Waals surface area contributed by atoms with Crippen LogP contribution in [0.2, 0.25) is 0 Å². The van der Waals surface area contributed by atoms with Crippen LogP contribution in [-0.2, 0) is 6.42 Å². The molecule has 0 aliphatic rings. The molecule has 0 aliphatic heterocycles. The van der Waals surface area contributed by atoms with Crippen LogP contribution in [0.4, 0.5) is 4.39 Å². The van der Waals surface area contributed by atoms with E-state index in [-0.39, 0.29) is 11.9 Å². The van der Waals surface area contributed by atoms with Gasteiger partial charge in [0.25, 0.3) is 0 Å². The van der Waals surface area contributed by atoms with Gasteiger partial charge < -0.3 is 0 Å². The smallest absolute Gasteiger partial charge is 0.124 e. The van der Waals surface area contributed by atoms with Gasteiger partial charge in [-0.2, -0.15) is 0 Å². The zero-order chi connectivity index (χ0) is 14.7. The first-order valence-electron chi connectivity index (χ1n) is 6.17. The second-order valence-electron chi connectivity index (χ2n) is 4.68. The fraction of sp³-hybridized carbons (Fsp3) is 0.200. The molecule has 1 unspecified atom stereocenters. The summed E-state index contributed by atoms with van der Waals surface area (Å²) in [5, 5.41) is 0. The molecule has 2 nitrogen and oxygen atoms in total. The van der Waals surface area contributed by atoms with E-state index in [9.17, 15) is 4.39 Å². The number of aryl methyl sites for hydroxylation is 1. The van der Waals surface area contributed by atoms with Crippen LogP contribution in [0.25, 0.3) is 0 Å². The number of hydrogen-bond acceptors (Lipinski definition) is 2. The summed E-state index contributed by atoms with van der Waals surface area (Å²) in [6.07, 6.45) is 0.666. The SMILES string of the molecule is Cc1ccc(C(Cc2ccc(F)cc2Br)NN)c(Br)c1. The van der Waals surface area contributed by atoms with Crippen molar-refractivity contribution in [3.05, 3.63) is 67.9 Å². The lowest BCUT2D eigenvalue weighted by Crippen LogP contribution is -2.30. The number of nitrogens with one attached hydrogen (secondary N) is 1. The first-order valence-corrected chi connectivity index (χ1v) is 7.76. The van der Waals surface area contributed by atoms with E-state index in [0.29, 0.717) is 6.42 Å². The Morgan fingerprint density at radius 3 is 2.50 bits per heavy atom. The van der Waals surface area contributed by atoms with Crippen LogP contribution < -0.4 is 11.3 Å². The minimum atomic E-state index is -0.255. The molecule has 3 N–H and O–H groups in total. The van der Waals surface area contributed by atoms with Gasteiger partial charge in [-0.1, -0.05) is 50.1 Å². The van der Waals surface area contributed by atoms with Crippen molar-refractivity contribution in [3.8, 4) is 0 Å². The van der Waals surface area contributed by atoms with Gasteiger partial charge in [-0.05, 0) is 48.2 Å². The second kappa shape index (κ2) is 6.80. The highest BCUT2D eigenvalue weighted by Crippen LogP contribution is 2.29. The van der Waals surface area contributed by atoms with E-state index in [1.807, 2.05) is 19.1 Å². The maximum Gasteiger partial charge on any atom is 0.124 e. The first kappa shape index (κ1) is 15.6. The van der Waals surface area contributed by atoms with Crippen LogP contribution in [0.5, 0.6) is 0 Å². The van der Waals surface area contributed by atoms with Gasteiger partial charge in [0.05, 0.1) is 6.04 Å². The molecule has 0 saturated carbocycles. The molecule has 0 amide bonds. The summed E-state index contributed by atoms with van der Waals surface area (Å²) in [4.78, 5) is 0. The lowest BCUT2D eigenvalue weighted by atomic mass is 9.98. The van der Waals surface area contributed by atoms with Crippen LogP contribution in [0, 0.1) is 12.7 Å². The largest absolute Gasteiger partial charge is 0.271 e. The zero-order valence-corrected chi connectivity index (χ0v) is 14.1. The van der Waals surface area contributed by atoms with Crippen LogP contribution >= 0.6 is 31.9 Å². The third-order valence-corrected chi connectivity index (χ3v) is 4.60. The van der Waals surface area contributed by atoms with Gasteiger partial charge in [-0.3, -0.25) is 11.3 Å². The van der Waals surface area contributed by atoms with E-state index in [4.69, 9.17) is 5.84 Å². The Morgan fingerprint density at radius 1 is 1.15 bits per heavy atom. The minimum absolute atomic E-state index is 0.0493. The predicted octanol–water partition coefficient (Wildman–Crippen LogP) is 4.41. The normalized spacial score (nSPS) is 12.4. The highest BCUT2D eigenvalue weighted by Gasteiger charge is 2.15. The Bertz CT molecular complexity index is 617. The molecule has 2 aromatic rings. The zero-order valence-electron chi connectivity index (χ0n) is 11.0. The van der Waals surface area contributed by atoms with Crippen molar-refractivity contribution in [1.29, 1.82) is 0 Å². The summed E-state index contributed by atoms with van der Waals surface area (Å²) in [6, 6.07) is 10.8. The van der Waals surface area contributed by atoms with Crippen molar-refractivity contribution in [2.45, 2.75) is 19.4 Å². The van der Waals surface area contributed by atoms with Crippen molar-refractivity contribution in [3.63, 3.8) is 0 Å². The van der Waals surface area contributed by atoms with Crippen molar-refractivity contribution in [2.24, 2.45) is 5.84 Å². The Labute approximate surface area is 134 Å². The fourth-order valence-electron chi connectivity index (χ4n) is 2.08. The molecule has 0 heterocycles. The van der Waals surface area contributed by atoms with Gasteiger partial charge in [-0.15, -0.1) is 0 Å². The van der Waals surface area contributed by atoms with Crippen molar-refractivity contribution in [1.82, 2.24) is 5.43 Å². The van der Waals surface area contributed by atoms with E-state index in [1.165, 1.54) is 17.7 Å². The van der Waals surface area contributed by atoms with Gasteiger partial charge >= 0.3 is 0 Å². The monoisotopic (exact) mass is 400 g/mol. The summed E-state index contributed by atoms with van der Waals surface area (Å²) in [6.45, 7) is 2.04. The van der Waals surface area contributed by atoms with E-state index >= 15 is 0 Å². The van der Waals surface area contributed by atoms with Gasteiger partial charge in [0, 0.05) is 8.95 Å². The van der Waals surface area contributed by atoms with Crippen LogP contribution in [0.1, 0.15) is 22.7 Å². The molecule has 0 aliphatic carbocycles. The molecule has 20 heavy (non-hydrogen) atoms. The molecule has 0 saturated heterocycles. The summed E-state index contributed by atoms with van der Waals surface area (Å²) in [7, 11) is 0. The average Bonchev–Trinajstić information content (AvgIpc) is 2.39. The van der Waals surface area contributed by atoms with Crippen molar-refractivity contribution < 1.29 is 4.39 Å². The van der Waals surface area contributed by atoms with Gasteiger partial charge in [-0.25, -0.2) is 4.39 Å². The molecular formula is C15H15Br2FN2. The molecule has 0 aromatic heterocycles.